The van der Waals surface area contributed by atoms with Crippen LogP contribution < -0.4 is 0 Å². The van der Waals surface area contributed by atoms with E-state index in [2.05, 4.69) is 4.74 Å². The zero-order valence-corrected chi connectivity index (χ0v) is 13.5. The summed E-state index contributed by atoms with van der Waals surface area (Å²) >= 11 is 0. The number of fused-ring (bicyclic) bond motifs is 1. The molecule has 0 aliphatic carbocycles. The number of ether oxygens (including phenoxy) is 3. The number of esters is 1. The Hall–Kier alpha value is -2.77. The highest BCUT2D eigenvalue weighted by Gasteiger charge is 2.43. The number of carbonyl (C=O) groups excluding carboxylic acids is 1. The SMILES string of the molecule is COC(=O)/C=C(\C[C@@H]1OC2C(O)=COC2=C(O)[C@@H]1O)c1ccccc1. The van der Waals surface area contributed by atoms with E-state index >= 15 is 0 Å². The van der Waals surface area contributed by atoms with Crippen LogP contribution in [0.15, 0.2) is 59.9 Å². The van der Waals surface area contributed by atoms with Gasteiger partial charge >= 0.3 is 5.97 Å². The molecule has 2 heterocycles. The third-order valence-corrected chi connectivity index (χ3v) is 4.07. The lowest BCUT2D eigenvalue weighted by molar-refractivity contribution is -0.134. The van der Waals surface area contributed by atoms with Crippen LogP contribution in [-0.2, 0) is 19.0 Å². The van der Waals surface area contributed by atoms with Crippen molar-refractivity contribution >= 4 is 11.5 Å². The Morgan fingerprint density at radius 3 is 2.68 bits per heavy atom. The van der Waals surface area contributed by atoms with Crippen LogP contribution in [-0.4, -0.2) is 46.7 Å². The van der Waals surface area contributed by atoms with Crippen molar-refractivity contribution in [3.63, 3.8) is 0 Å². The van der Waals surface area contributed by atoms with Gasteiger partial charge in [-0.1, -0.05) is 30.3 Å². The monoisotopic (exact) mass is 346 g/mol. The second kappa shape index (κ2) is 7.00. The maximum atomic E-state index is 11.7. The van der Waals surface area contributed by atoms with Crippen molar-refractivity contribution in [1.82, 2.24) is 0 Å². The van der Waals surface area contributed by atoms with Gasteiger partial charge in [0.2, 0.25) is 0 Å². The lowest BCUT2D eigenvalue weighted by Gasteiger charge is -2.32. The highest BCUT2D eigenvalue weighted by atomic mass is 16.6. The Morgan fingerprint density at radius 1 is 1.28 bits per heavy atom. The van der Waals surface area contributed by atoms with Gasteiger partial charge in [-0.05, 0) is 11.1 Å². The molecule has 25 heavy (non-hydrogen) atoms. The van der Waals surface area contributed by atoms with Crippen LogP contribution in [0, 0.1) is 0 Å². The second-order valence-corrected chi connectivity index (χ2v) is 5.67. The van der Waals surface area contributed by atoms with E-state index < -0.39 is 30.0 Å². The van der Waals surface area contributed by atoms with Gasteiger partial charge in [-0.3, -0.25) is 0 Å². The number of carbonyl (C=O) groups is 1. The van der Waals surface area contributed by atoms with Crippen LogP contribution in [0.1, 0.15) is 12.0 Å². The van der Waals surface area contributed by atoms with E-state index in [-0.39, 0.29) is 17.9 Å². The van der Waals surface area contributed by atoms with Crippen LogP contribution in [0.2, 0.25) is 0 Å². The molecule has 132 valence electrons. The van der Waals surface area contributed by atoms with E-state index in [0.29, 0.717) is 5.57 Å². The summed E-state index contributed by atoms with van der Waals surface area (Å²) in [5, 5.41) is 30.2. The summed E-state index contributed by atoms with van der Waals surface area (Å²) in [5.74, 6) is -1.17. The van der Waals surface area contributed by atoms with E-state index in [0.717, 1.165) is 11.8 Å². The Kier molecular flexibility index (Phi) is 4.78. The molecule has 1 aromatic carbocycles. The van der Waals surface area contributed by atoms with Gasteiger partial charge in [-0.15, -0.1) is 0 Å². The van der Waals surface area contributed by atoms with Crippen molar-refractivity contribution < 1.29 is 34.3 Å². The molecule has 2 aliphatic heterocycles. The maximum Gasteiger partial charge on any atom is 0.330 e. The maximum absolute atomic E-state index is 11.7. The summed E-state index contributed by atoms with van der Waals surface area (Å²) in [5.41, 5.74) is 1.32. The molecule has 0 saturated carbocycles. The quantitative estimate of drug-likeness (QED) is 0.565. The first-order chi connectivity index (χ1) is 12.0. The fourth-order valence-corrected chi connectivity index (χ4v) is 2.77. The predicted molar refractivity (Wildman–Crippen MR) is 87.2 cm³/mol. The third-order valence-electron chi connectivity index (χ3n) is 4.07. The van der Waals surface area contributed by atoms with Gasteiger partial charge in [0.1, 0.15) is 12.4 Å². The van der Waals surface area contributed by atoms with Gasteiger partial charge in [0.15, 0.2) is 23.4 Å². The van der Waals surface area contributed by atoms with Crippen LogP contribution in [0.5, 0.6) is 0 Å². The zero-order chi connectivity index (χ0) is 18.0. The lowest BCUT2D eigenvalue weighted by atomic mass is 9.94. The van der Waals surface area contributed by atoms with E-state index in [4.69, 9.17) is 9.47 Å². The lowest BCUT2D eigenvalue weighted by Crippen LogP contribution is -2.41. The molecule has 0 bridgehead atoms. The predicted octanol–water partition coefficient (Wildman–Crippen LogP) is 1.96. The number of benzene rings is 1. The van der Waals surface area contributed by atoms with Crippen molar-refractivity contribution in [2.75, 3.05) is 7.11 Å². The Morgan fingerprint density at radius 2 is 2.00 bits per heavy atom. The number of rotatable bonds is 4. The van der Waals surface area contributed by atoms with Crippen LogP contribution >= 0.6 is 0 Å². The summed E-state index contributed by atoms with van der Waals surface area (Å²) in [6, 6.07) is 9.08. The highest BCUT2D eigenvalue weighted by Crippen LogP contribution is 2.36. The zero-order valence-electron chi connectivity index (χ0n) is 13.5. The number of aliphatic hydroxyl groups excluding tert-OH is 3. The average molecular weight is 346 g/mol. The van der Waals surface area contributed by atoms with Gasteiger partial charge in [-0.25, -0.2) is 4.79 Å². The van der Waals surface area contributed by atoms with Crippen molar-refractivity contribution in [3.05, 3.63) is 65.5 Å². The number of methoxy groups -OCH3 is 1. The molecule has 3 atom stereocenters. The molecule has 1 unspecified atom stereocenters. The van der Waals surface area contributed by atoms with Gasteiger partial charge in [0, 0.05) is 12.5 Å². The molecule has 0 fully saturated rings. The van der Waals surface area contributed by atoms with Crippen molar-refractivity contribution in [1.29, 1.82) is 0 Å². The molecule has 0 radical (unpaired) electrons. The Balaban J connectivity index is 1.89. The summed E-state index contributed by atoms with van der Waals surface area (Å²) in [4.78, 5) is 11.7. The van der Waals surface area contributed by atoms with Gasteiger partial charge in [0.25, 0.3) is 0 Å². The second-order valence-electron chi connectivity index (χ2n) is 5.67. The molecule has 3 rings (SSSR count). The third kappa shape index (κ3) is 3.38. The molecular formula is C18H18O7. The minimum atomic E-state index is -1.35. The minimum absolute atomic E-state index is 0.0283. The fraction of sp³-hybridized carbons (Fsp3) is 0.278. The molecule has 3 N–H and O–H groups in total. The van der Waals surface area contributed by atoms with Gasteiger partial charge < -0.3 is 29.5 Å². The molecule has 2 aliphatic rings. The first-order valence-corrected chi connectivity index (χ1v) is 7.67. The summed E-state index contributed by atoms with van der Waals surface area (Å²) in [6.45, 7) is 0. The molecule has 0 spiro atoms. The highest BCUT2D eigenvalue weighted by molar-refractivity contribution is 5.91. The topological polar surface area (TPSA) is 105 Å². The Labute approximate surface area is 144 Å². The standard InChI is InChI=1S/C18H18O7/c1-23-14(20)8-11(10-5-3-2-4-6-10)7-13-15(21)16(22)18-17(25-13)12(19)9-24-18/h2-6,8-9,13,15,17,19,21-22H,7H2,1H3/b11-8+/t13-,15+,17?/m0/s1. The summed E-state index contributed by atoms with van der Waals surface area (Å²) in [6.07, 6.45) is -0.738. The Bertz CT molecular complexity index is 748. The van der Waals surface area contributed by atoms with E-state index in [1.807, 2.05) is 18.2 Å². The molecule has 7 heteroatoms. The van der Waals surface area contributed by atoms with E-state index in [1.54, 1.807) is 12.1 Å². The minimum Gasteiger partial charge on any atom is -0.506 e. The summed E-state index contributed by atoms with van der Waals surface area (Å²) in [7, 11) is 1.27. The average Bonchev–Trinajstić information content (AvgIpc) is 3.00. The fourth-order valence-electron chi connectivity index (χ4n) is 2.77. The number of hydrogen-bond donors (Lipinski definition) is 3. The van der Waals surface area contributed by atoms with Crippen LogP contribution in [0.4, 0.5) is 0 Å². The van der Waals surface area contributed by atoms with Gasteiger partial charge in [0.05, 0.1) is 13.2 Å². The summed E-state index contributed by atoms with van der Waals surface area (Å²) < 4.78 is 15.4. The first-order valence-electron chi connectivity index (χ1n) is 7.67. The van der Waals surface area contributed by atoms with Crippen molar-refractivity contribution in [2.24, 2.45) is 0 Å². The van der Waals surface area contributed by atoms with Gasteiger partial charge in [-0.2, -0.15) is 0 Å². The smallest absolute Gasteiger partial charge is 0.330 e. The molecule has 0 saturated heterocycles. The van der Waals surface area contributed by atoms with Crippen molar-refractivity contribution in [2.45, 2.75) is 24.7 Å². The molecular weight excluding hydrogens is 328 g/mol. The van der Waals surface area contributed by atoms with Crippen LogP contribution in [0.25, 0.3) is 5.57 Å². The van der Waals surface area contributed by atoms with Crippen LogP contribution in [0.3, 0.4) is 0 Å². The van der Waals surface area contributed by atoms with Crippen molar-refractivity contribution in [3.8, 4) is 0 Å². The molecule has 1 aromatic rings. The molecule has 0 amide bonds. The number of aliphatic hydroxyl groups is 3. The normalized spacial score (nSPS) is 25.9. The first kappa shape index (κ1) is 17.1. The van der Waals surface area contributed by atoms with E-state index in [9.17, 15) is 20.1 Å². The molecule has 0 aromatic heterocycles. The number of hydrogen-bond acceptors (Lipinski definition) is 7. The largest absolute Gasteiger partial charge is 0.506 e. The van der Waals surface area contributed by atoms with E-state index in [1.165, 1.54) is 13.2 Å². The molecule has 7 nitrogen and oxygen atoms in total.